The van der Waals surface area contributed by atoms with E-state index in [0.29, 0.717) is 13.1 Å². The van der Waals surface area contributed by atoms with Crippen LogP contribution in [0.25, 0.3) is 0 Å². The maximum atomic E-state index is 12.9. The molecule has 0 bridgehead atoms. The van der Waals surface area contributed by atoms with Crippen LogP contribution in [0.15, 0.2) is 23.2 Å². The van der Waals surface area contributed by atoms with Crippen LogP contribution in [0.4, 0.5) is 0 Å². The van der Waals surface area contributed by atoms with E-state index in [4.69, 9.17) is 18.0 Å². The number of hydrogen-bond acceptors (Lipinski definition) is 5. The number of pyridine rings is 1. The summed E-state index contributed by atoms with van der Waals surface area (Å²) in [5.74, 6) is 0. The van der Waals surface area contributed by atoms with Gasteiger partial charge in [-0.25, -0.2) is 8.42 Å². The van der Waals surface area contributed by atoms with E-state index >= 15 is 0 Å². The van der Waals surface area contributed by atoms with Crippen LogP contribution >= 0.6 is 12.2 Å². The highest BCUT2D eigenvalue weighted by atomic mass is 32.2. The minimum Gasteiger partial charge on any atom is -0.388 e. The largest absolute Gasteiger partial charge is 0.388 e. The van der Waals surface area contributed by atoms with Gasteiger partial charge in [0, 0.05) is 25.3 Å². The van der Waals surface area contributed by atoms with Crippen molar-refractivity contribution in [3.05, 3.63) is 24.0 Å². The normalized spacial score (nSPS) is 20.0. The van der Waals surface area contributed by atoms with Gasteiger partial charge in [-0.2, -0.15) is 4.31 Å². The summed E-state index contributed by atoms with van der Waals surface area (Å²) in [6, 6.07) is 3.08. The van der Waals surface area contributed by atoms with E-state index in [9.17, 15) is 8.42 Å². The Bertz CT molecular complexity index is 631. The highest BCUT2D eigenvalue weighted by Crippen LogP contribution is 2.27. The standard InChI is InChI=1S/C13H20N4O2S2/c1-16(2)9-10-5-4-8-17(10)21(18,19)11-6-3-7-15-12(11)13(14)20/h3,6-7,10H,4-5,8-9H2,1-2H3,(H2,14,20). The molecule has 2 heterocycles. The third kappa shape index (κ3) is 3.39. The number of sulfonamides is 1. The van der Waals surface area contributed by atoms with Crippen LogP contribution in [0.3, 0.4) is 0 Å². The third-order valence-corrected chi connectivity index (χ3v) is 5.67. The average Bonchev–Trinajstić information content (AvgIpc) is 2.86. The van der Waals surface area contributed by atoms with E-state index in [2.05, 4.69) is 4.98 Å². The van der Waals surface area contributed by atoms with Crippen LogP contribution in [-0.4, -0.2) is 60.8 Å². The van der Waals surface area contributed by atoms with E-state index < -0.39 is 10.0 Å². The fourth-order valence-electron chi connectivity index (χ4n) is 2.64. The molecule has 2 rings (SSSR count). The van der Waals surface area contributed by atoms with Gasteiger partial charge in [-0.15, -0.1) is 0 Å². The molecule has 0 aliphatic carbocycles. The van der Waals surface area contributed by atoms with Crippen molar-refractivity contribution in [3.8, 4) is 0 Å². The molecule has 1 aliphatic rings. The monoisotopic (exact) mass is 328 g/mol. The molecule has 0 aromatic carbocycles. The van der Waals surface area contributed by atoms with Crippen molar-refractivity contribution in [1.29, 1.82) is 0 Å². The predicted molar refractivity (Wildman–Crippen MR) is 85.6 cm³/mol. The molecule has 1 aliphatic heterocycles. The van der Waals surface area contributed by atoms with Crippen molar-refractivity contribution >= 4 is 27.2 Å². The van der Waals surface area contributed by atoms with E-state index in [1.807, 2.05) is 19.0 Å². The number of nitrogens with zero attached hydrogens (tertiary/aromatic N) is 3. The van der Waals surface area contributed by atoms with Crippen molar-refractivity contribution in [2.24, 2.45) is 5.73 Å². The topological polar surface area (TPSA) is 79.5 Å². The summed E-state index contributed by atoms with van der Waals surface area (Å²) in [5, 5.41) is 0. The SMILES string of the molecule is CN(C)CC1CCCN1S(=O)(=O)c1cccnc1C(N)=S. The summed E-state index contributed by atoms with van der Waals surface area (Å²) in [6.07, 6.45) is 3.22. The molecule has 0 saturated carbocycles. The minimum atomic E-state index is -3.63. The molecule has 1 fully saturated rings. The number of rotatable bonds is 5. The average molecular weight is 328 g/mol. The third-order valence-electron chi connectivity index (χ3n) is 3.49. The van der Waals surface area contributed by atoms with Crippen molar-refractivity contribution in [1.82, 2.24) is 14.2 Å². The number of thiocarbonyl (C=S) groups is 1. The van der Waals surface area contributed by atoms with Gasteiger partial charge < -0.3 is 10.6 Å². The zero-order chi connectivity index (χ0) is 15.6. The van der Waals surface area contributed by atoms with Crippen LogP contribution in [0, 0.1) is 0 Å². The van der Waals surface area contributed by atoms with Crippen LogP contribution in [0.1, 0.15) is 18.5 Å². The highest BCUT2D eigenvalue weighted by molar-refractivity contribution is 7.89. The van der Waals surface area contributed by atoms with E-state index in [0.717, 1.165) is 12.8 Å². The van der Waals surface area contributed by atoms with Gasteiger partial charge in [0.25, 0.3) is 0 Å². The lowest BCUT2D eigenvalue weighted by Crippen LogP contribution is -2.41. The van der Waals surface area contributed by atoms with Gasteiger partial charge in [0.05, 0.1) is 0 Å². The molecule has 1 saturated heterocycles. The van der Waals surface area contributed by atoms with Crippen LogP contribution in [-0.2, 0) is 10.0 Å². The second kappa shape index (κ2) is 6.35. The number of aromatic nitrogens is 1. The molecule has 1 unspecified atom stereocenters. The van der Waals surface area contributed by atoms with Crippen molar-refractivity contribution < 1.29 is 8.42 Å². The molecule has 1 atom stereocenters. The van der Waals surface area contributed by atoms with Crippen molar-refractivity contribution in [3.63, 3.8) is 0 Å². The Kier molecular flexibility index (Phi) is 4.92. The fourth-order valence-corrected chi connectivity index (χ4v) is 4.71. The van der Waals surface area contributed by atoms with E-state index in [1.54, 1.807) is 10.4 Å². The molecule has 2 N–H and O–H groups in total. The predicted octanol–water partition coefficient (Wildman–Crippen LogP) is 0.431. The summed E-state index contributed by atoms with van der Waals surface area (Å²) in [7, 11) is 0.244. The lowest BCUT2D eigenvalue weighted by atomic mass is 10.2. The molecule has 0 spiro atoms. The zero-order valence-electron chi connectivity index (χ0n) is 12.2. The second-order valence-electron chi connectivity index (χ2n) is 5.39. The second-order valence-corrected chi connectivity index (χ2v) is 7.69. The molecule has 8 heteroatoms. The summed E-state index contributed by atoms with van der Waals surface area (Å²) >= 11 is 4.92. The van der Waals surface area contributed by atoms with Gasteiger partial charge in [0.15, 0.2) is 0 Å². The Morgan fingerprint density at radius 2 is 2.29 bits per heavy atom. The number of hydrogen-bond donors (Lipinski definition) is 1. The molecule has 1 aromatic heterocycles. The van der Waals surface area contributed by atoms with Gasteiger partial charge in [-0.3, -0.25) is 4.98 Å². The van der Waals surface area contributed by atoms with Crippen molar-refractivity contribution in [2.75, 3.05) is 27.2 Å². The molecule has 116 valence electrons. The molecule has 0 amide bonds. The molecule has 0 radical (unpaired) electrons. The smallest absolute Gasteiger partial charge is 0.245 e. The van der Waals surface area contributed by atoms with Gasteiger partial charge in [-0.05, 0) is 39.1 Å². The summed E-state index contributed by atoms with van der Waals surface area (Å²) in [5.41, 5.74) is 5.77. The number of nitrogens with two attached hydrogens (primary N) is 1. The Morgan fingerprint density at radius 1 is 1.57 bits per heavy atom. The van der Waals surface area contributed by atoms with Crippen LogP contribution < -0.4 is 5.73 Å². The van der Waals surface area contributed by atoms with Gasteiger partial charge in [-0.1, -0.05) is 12.2 Å². The summed E-state index contributed by atoms with van der Waals surface area (Å²) in [4.78, 5) is 6.11. The van der Waals surface area contributed by atoms with Gasteiger partial charge in [0.1, 0.15) is 15.6 Å². The van der Waals surface area contributed by atoms with Crippen LogP contribution in [0.2, 0.25) is 0 Å². The van der Waals surface area contributed by atoms with E-state index in [-0.39, 0.29) is 21.6 Å². The van der Waals surface area contributed by atoms with E-state index in [1.165, 1.54) is 12.3 Å². The molecule has 6 nitrogen and oxygen atoms in total. The first-order valence-electron chi connectivity index (χ1n) is 6.75. The Hall–Kier alpha value is -1.09. The minimum absolute atomic E-state index is 0.00229. The Morgan fingerprint density at radius 3 is 2.90 bits per heavy atom. The molecule has 21 heavy (non-hydrogen) atoms. The van der Waals surface area contributed by atoms with Gasteiger partial charge >= 0.3 is 0 Å². The summed E-state index contributed by atoms with van der Waals surface area (Å²) in [6.45, 7) is 1.22. The highest BCUT2D eigenvalue weighted by Gasteiger charge is 2.37. The van der Waals surface area contributed by atoms with Crippen LogP contribution in [0.5, 0.6) is 0 Å². The lowest BCUT2D eigenvalue weighted by Gasteiger charge is -2.26. The fraction of sp³-hybridized carbons (Fsp3) is 0.538. The first-order valence-corrected chi connectivity index (χ1v) is 8.60. The quantitative estimate of drug-likeness (QED) is 0.790. The maximum absolute atomic E-state index is 12.9. The summed E-state index contributed by atoms with van der Waals surface area (Å²) < 4.78 is 27.4. The number of likely N-dealkylation sites (N-methyl/N-ethyl adjacent to an activating group) is 1. The Labute approximate surface area is 131 Å². The zero-order valence-corrected chi connectivity index (χ0v) is 13.8. The van der Waals surface area contributed by atoms with Crippen molar-refractivity contribution in [2.45, 2.75) is 23.8 Å². The first kappa shape index (κ1) is 16.3. The Balaban J connectivity index is 2.40. The molecule has 1 aromatic rings. The lowest BCUT2D eigenvalue weighted by molar-refractivity contribution is 0.291. The molecular formula is C13H20N4O2S2. The van der Waals surface area contributed by atoms with Gasteiger partial charge in [0.2, 0.25) is 10.0 Å². The maximum Gasteiger partial charge on any atom is 0.245 e. The molecular weight excluding hydrogens is 308 g/mol. The first-order chi connectivity index (χ1) is 9.84.